The lowest BCUT2D eigenvalue weighted by Crippen LogP contribution is -2.35. The fraction of sp³-hybridized carbons (Fsp3) is 0.625. The minimum atomic E-state index is -4.34. The fourth-order valence-electron chi connectivity index (χ4n) is 3.21. The molecule has 1 saturated carbocycles. The van der Waals surface area contributed by atoms with E-state index in [2.05, 4.69) is 11.8 Å². The molecule has 1 aliphatic carbocycles. The quantitative estimate of drug-likeness (QED) is 0.907. The van der Waals surface area contributed by atoms with Gasteiger partial charge in [-0.1, -0.05) is 19.8 Å². The molecule has 1 aromatic rings. The average molecular weight is 300 g/mol. The molecule has 0 heterocycles. The van der Waals surface area contributed by atoms with E-state index in [1.54, 1.807) is 12.1 Å². The number of hydrogen-bond acceptors (Lipinski definition) is 2. The number of rotatable bonds is 3. The third kappa shape index (κ3) is 3.70. The molecule has 0 radical (unpaired) electrons. The molecule has 2 N–H and O–H groups in total. The van der Waals surface area contributed by atoms with Crippen molar-refractivity contribution in [3.05, 3.63) is 29.3 Å². The summed E-state index contributed by atoms with van der Waals surface area (Å²) in [7, 11) is 1.96. The Kier molecular flexibility index (Phi) is 4.81. The van der Waals surface area contributed by atoms with Gasteiger partial charge in [-0.25, -0.2) is 0 Å². The van der Waals surface area contributed by atoms with Crippen LogP contribution in [0.1, 0.15) is 43.7 Å². The highest BCUT2D eigenvalue weighted by molar-refractivity contribution is 5.52. The van der Waals surface area contributed by atoms with Crippen molar-refractivity contribution in [2.45, 2.75) is 51.4 Å². The van der Waals surface area contributed by atoms with Crippen molar-refractivity contribution in [3.63, 3.8) is 0 Å². The lowest BCUT2D eigenvalue weighted by atomic mass is 9.86. The minimum Gasteiger partial charge on any atom is -0.372 e. The fourth-order valence-corrected chi connectivity index (χ4v) is 3.21. The minimum absolute atomic E-state index is 0.0996. The van der Waals surface area contributed by atoms with Gasteiger partial charge in [0.15, 0.2) is 0 Å². The molecule has 1 aliphatic rings. The van der Waals surface area contributed by atoms with E-state index in [1.165, 1.54) is 12.8 Å². The predicted octanol–water partition coefficient (Wildman–Crippen LogP) is 4.18. The van der Waals surface area contributed by atoms with E-state index in [9.17, 15) is 13.2 Å². The molecule has 1 fully saturated rings. The number of hydrogen-bond donors (Lipinski definition) is 1. The lowest BCUT2D eigenvalue weighted by Gasteiger charge is -2.36. The van der Waals surface area contributed by atoms with Crippen LogP contribution in [-0.2, 0) is 12.7 Å². The molecule has 5 heteroatoms. The summed E-state index contributed by atoms with van der Waals surface area (Å²) in [6, 6.07) is 4.69. The zero-order valence-corrected chi connectivity index (χ0v) is 12.6. The van der Waals surface area contributed by atoms with Crippen molar-refractivity contribution in [1.82, 2.24) is 0 Å². The first-order chi connectivity index (χ1) is 9.82. The molecule has 118 valence electrons. The highest BCUT2D eigenvalue weighted by atomic mass is 19.4. The first-order valence-corrected chi connectivity index (χ1v) is 7.46. The second kappa shape index (κ2) is 6.26. The zero-order valence-electron chi connectivity index (χ0n) is 12.6. The summed E-state index contributed by atoms with van der Waals surface area (Å²) in [5.74, 6) is 0.676. The van der Waals surface area contributed by atoms with Crippen molar-refractivity contribution >= 4 is 5.69 Å². The number of nitrogens with zero attached hydrogens (tertiary/aromatic N) is 1. The summed E-state index contributed by atoms with van der Waals surface area (Å²) in [5.41, 5.74) is 5.86. The predicted molar refractivity (Wildman–Crippen MR) is 79.2 cm³/mol. The first kappa shape index (κ1) is 16.1. The molecule has 0 aromatic heterocycles. The molecule has 2 unspecified atom stereocenters. The summed E-state index contributed by atoms with van der Waals surface area (Å²) in [6.45, 7) is 2.13. The number of benzene rings is 1. The summed E-state index contributed by atoms with van der Waals surface area (Å²) in [4.78, 5) is 2.11. The van der Waals surface area contributed by atoms with Crippen LogP contribution in [0.3, 0.4) is 0 Å². The van der Waals surface area contributed by atoms with Gasteiger partial charge in [-0.2, -0.15) is 13.2 Å². The molecule has 0 saturated heterocycles. The van der Waals surface area contributed by atoms with Crippen molar-refractivity contribution in [3.8, 4) is 0 Å². The first-order valence-electron chi connectivity index (χ1n) is 7.46. The van der Waals surface area contributed by atoms with E-state index in [-0.39, 0.29) is 12.1 Å². The van der Waals surface area contributed by atoms with Crippen molar-refractivity contribution in [2.24, 2.45) is 11.7 Å². The maximum Gasteiger partial charge on any atom is 0.416 e. The highest BCUT2D eigenvalue weighted by Crippen LogP contribution is 2.35. The monoisotopic (exact) mass is 300 g/mol. The van der Waals surface area contributed by atoms with Crippen LogP contribution in [0.4, 0.5) is 18.9 Å². The largest absolute Gasteiger partial charge is 0.416 e. The van der Waals surface area contributed by atoms with Crippen LogP contribution in [0, 0.1) is 5.92 Å². The molecule has 21 heavy (non-hydrogen) atoms. The number of anilines is 1. The molecule has 0 spiro atoms. The molecule has 2 nitrogen and oxygen atoms in total. The van der Waals surface area contributed by atoms with Crippen LogP contribution in [0.2, 0.25) is 0 Å². The molecule has 1 aromatic carbocycles. The van der Waals surface area contributed by atoms with Crippen LogP contribution < -0.4 is 10.6 Å². The van der Waals surface area contributed by atoms with E-state index >= 15 is 0 Å². The lowest BCUT2D eigenvalue weighted by molar-refractivity contribution is -0.138. The zero-order chi connectivity index (χ0) is 15.6. The smallest absolute Gasteiger partial charge is 0.372 e. The van der Waals surface area contributed by atoms with Crippen LogP contribution >= 0.6 is 0 Å². The van der Waals surface area contributed by atoms with Gasteiger partial charge in [0.05, 0.1) is 5.56 Å². The molecule has 0 aliphatic heterocycles. The van der Waals surface area contributed by atoms with Crippen LogP contribution in [0.25, 0.3) is 0 Å². The second-order valence-electron chi connectivity index (χ2n) is 6.08. The third-order valence-electron chi connectivity index (χ3n) is 4.48. The maximum absolute atomic E-state index is 12.9. The Labute approximate surface area is 124 Å². The Hall–Kier alpha value is -1.23. The molecule has 0 amide bonds. The van der Waals surface area contributed by atoms with E-state index in [1.807, 2.05) is 7.05 Å². The molecule has 2 atom stereocenters. The van der Waals surface area contributed by atoms with Gasteiger partial charge in [0.25, 0.3) is 0 Å². The summed E-state index contributed by atoms with van der Waals surface area (Å²) >= 11 is 0. The van der Waals surface area contributed by atoms with E-state index in [0.717, 1.165) is 24.6 Å². The summed E-state index contributed by atoms with van der Waals surface area (Å²) in [6.07, 6.45) is 0.270. The Balaban J connectivity index is 2.24. The summed E-state index contributed by atoms with van der Waals surface area (Å²) in [5, 5.41) is 0. The van der Waals surface area contributed by atoms with Crippen LogP contribution in [0.15, 0.2) is 18.2 Å². The Morgan fingerprint density at radius 1 is 1.29 bits per heavy atom. The van der Waals surface area contributed by atoms with E-state index in [0.29, 0.717) is 12.0 Å². The van der Waals surface area contributed by atoms with Gasteiger partial charge >= 0.3 is 6.18 Å². The summed E-state index contributed by atoms with van der Waals surface area (Å²) < 4.78 is 38.7. The highest BCUT2D eigenvalue weighted by Gasteiger charge is 2.33. The van der Waals surface area contributed by atoms with Gasteiger partial charge in [-0.05, 0) is 42.5 Å². The molecular weight excluding hydrogens is 277 g/mol. The molecule has 0 bridgehead atoms. The van der Waals surface area contributed by atoms with Crippen LogP contribution in [-0.4, -0.2) is 13.1 Å². The van der Waals surface area contributed by atoms with Crippen LogP contribution in [0.5, 0.6) is 0 Å². The van der Waals surface area contributed by atoms with Gasteiger partial charge in [-0.3, -0.25) is 0 Å². The van der Waals surface area contributed by atoms with Gasteiger partial charge in [-0.15, -0.1) is 0 Å². The molecular formula is C16H23F3N2. The average Bonchev–Trinajstić information content (AvgIpc) is 2.44. The SMILES string of the molecule is CC1CCCC(N(C)c2ccc(C(F)(F)F)c(CN)c2)C1. The number of nitrogens with two attached hydrogens (primary N) is 1. The van der Waals surface area contributed by atoms with Gasteiger partial charge in [0.2, 0.25) is 0 Å². The Morgan fingerprint density at radius 3 is 2.57 bits per heavy atom. The topological polar surface area (TPSA) is 29.3 Å². The standard InChI is InChI=1S/C16H23F3N2/c1-11-4-3-5-13(8-11)21(2)14-6-7-15(16(17,18)19)12(9-14)10-20/h6-7,9,11,13H,3-5,8,10,20H2,1-2H3. The van der Waals surface area contributed by atoms with E-state index < -0.39 is 11.7 Å². The Bertz CT molecular complexity index is 485. The van der Waals surface area contributed by atoms with Crippen molar-refractivity contribution in [2.75, 3.05) is 11.9 Å². The normalized spacial score (nSPS) is 23.1. The van der Waals surface area contributed by atoms with Crippen molar-refractivity contribution in [1.29, 1.82) is 0 Å². The van der Waals surface area contributed by atoms with Gasteiger partial charge in [0, 0.05) is 25.3 Å². The van der Waals surface area contributed by atoms with Gasteiger partial charge < -0.3 is 10.6 Å². The van der Waals surface area contributed by atoms with Gasteiger partial charge in [0.1, 0.15) is 0 Å². The Morgan fingerprint density at radius 2 is 2.00 bits per heavy atom. The second-order valence-corrected chi connectivity index (χ2v) is 6.08. The third-order valence-corrected chi connectivity index (χ3v) is 4.48. The number of alkyl halides is 3. The van der Waals surface area contributed by atoms with Crippen molar-refractivity contribution < 1.29 is 13.2 Å². The maximum atomic E-state index is 12.9. The van der Waals surface area contributed by atoms with E-state index in [4.69, 9.17) is 5.73 Å². The number of halogens is 3. The molecule has 2 rings (SSSR count).